The third-order valence-corrected chi connectivity index (χ3v) is 6.22. The average Bonchev–Trinajstić information content (AvgIpc) is 3.47. The molecule has 0 radical (unpaired) electrons. The second-order valence-corrected chi connectivity index (χ2v) is 8.76. The molecule has 0 spiro atoms. The first-order chi connectivity index (χ1) is 16.1. The van der Waals surface area contributed by atoms with E-state index >= 15 is 0 Å². The fourth-order valence-corrected chi connectivity index (χ4v) is 4.56. The molecule has 33 heavy (non-hydrogen) atoms. The first-order valence-electron chi connectivity index (χ1n) is 11.1. The smallest absolute Gasteiger partial charge is 0.167 e. The molecule has 1 aliphatic heterocycles. The number of hydrogen-bond donors (Lipinski definition) is 4. The zero-order valence-corrected chi connectivity index (χ0v) is 19.7. The van der Waals surface area contributed by atoms with E-state index in [9.17, 15) is 4.48 Å². The first-order valence-corrected chi connectivity index (χ1v) is 11.9. The van der Waals surface area contributed by atoms with Crippen LogP contribution < -0.4 is 21.3 Å². The number of anilines is 3. The van der Waals surface area contributed by atoms with Crippen molar-refractivity contribution in [2.24, 2.45) is 7.05 Å². The van der Waals surface area contributed by atoms with Crippen LogP contribution in [-0.4, -0.2) is 57.2 Å². The second kappa shape index (κ2) is 11.1. The van der Waals surface area contributed by atoms with E-state index in [1.54, 1.807) is 34.4 Å². The topological polar surface area (TPSA) is 95.0 Å². The average molecular weight is 472 g/mol. The number of fused-ring (bicyclic) bond motifs is 2. The van der Waals surface area contributed by atoms with Gasteiger partial charge in [0.1, 0.15) is 5.52 Å². The van der Waals surface area contributed by atoms with Crippen molar-refractivity contribution in [1.82, 2.24) is 30.2 Å². The van der Waals surface area contributed by atoms with Gasteiger partial charge >= 0.3 is 0 Å². The Kier molecular flexibility index (Phi) is 7.74. The van der Waals surface area contributed by atoms with E-state index < -0.39 is 0 Å². The number of aryl methyl sites for hydroxylation is 1. The maximum atomic E-state index is 13.8. The zero-order valence-electron chi connectivity index (χ0n) is 18.9. The van der Waals surface area contributed by atoms with Gasteiger partial charge in [0.05, 0.1) is 35.3 Å². The van der Waals surface area contributed by atoms with Gasteiger partial charge in [-0.1, -0.05) is 23.5 Å². The Bertz CT molecular complexity index is 1080. The fraction of sp³-hybridized carbons (Fsp3) is 0.409. The number of allylic oxidation sites excluding steroid dienone is 3. The number of halogens is 1. The molecule has 1 atom stereocenters. The predicted molar refractivity (Wildman–Crippen MR) is 133 cm³/mol. The van der Waals surface area contributed by atoms with Gasteiger partial charge in [0.15, 0.2) is 10.6 Å². The summed E-state index contributed by atoms with van der Waals surface area (Å²) in [4.78, 5) is 9.80. The maximum Gasteiger partial charge on any atom is 0.167 e. The highest BCUT2D eigenvalue weighted by Gasteiger charge is 2.18. The fourth-order valence-electron chi connectivity index (χ4n) is 3.59. The molecule has 1 unspecified atom stereocenters. The molecule has 0 amide bonds. The molecule has 4 heterocycles. The summed E-state index contributed by atoms with van der Waals surface area (Å²) in [5.41, 5.74) is 3.00. The molecule has 0 aromatic carbocycles. The zero-order chi connectivity index (χ0) is 23.0. The molecule has 4 rings (SSSR count). The Morgan fingerprint density at radius 2 is 2.12 bits per heavy atom. The lowest BCUT2D eigenvalue weighted by atomic mass is 10.3. The maximum absolute atomic E-state index is 13.8. The van der Waals surface area contributed by atoms with E-state index in [0.29, 0.717) is 11.7 Å². The number of aromatic nitrogens is 4. The van der Waals surface area contributed by atoms with Crippen molar-refractivity contribution in [3.63, 3.8) is 0 Å². The van der Waals surface area contributed by atoms with E-state index in [1.165, 1.54) is 6.20 Å². The molecule has 3 aromatic heterocycles. The van der Waals surface area contributed by atoms with E-state index in [1.807, 2.05) is 32.3 Å². The van der Waals surface area contributed by atoms with Crippen LogP contribution in [0.15, 0.2) is 42.9 Å². The van der Waals surface area contributed by atoms with Gasteiger partial charge < -0.3 is 21.3 Å². The quantitative estimate of drug-likeness (QED) is 0.181. The molecule has 1 aliphatic rings. The molecule has 0 saturated carbocycles. The van der Waals surface area contributed by atoms with Gasteiger partial charge in [-0.2, -0.15) is 5.10 Å². The summed E-state index contributed by atoms with van der Waals surface area (Å²) in [5.74, 6) is 0.818. The molecule has 0 saturated heterocycles. The molecule has 0 fully saturated rings. The van der Waals surface area contributed by atoms with Crippen LogP contribution >= 0.6 is 11.3 Å². The van der Waals surface area contributed by atoms with Crippen molar-refractivity contribution >= 4 is 38.9 Å². The lowest BCUT2D eigenvalue weighted by molar-refractivity contribution is 0.0953. The molecule has 0 bridgehead atoms. The highest BCUT2D eigenvalue weighted by atomic mass is 32.1. The van der Waals surface area contributed by atoms with Gasteiger partial charge in [-0.05, 0) is 32.0 Å². The van der Waals surface area contributed by atoms with Crippen LogP contribution in [0.5, 0.6) is 0 Å². The monoisotopic (exact) mass is 471 g/mol. The van der Waals surface area contributed by atoms with Crippen LogP contribution in [0.4, 0.5) is 21.7 Å². The predicted octanol–water partition coefficient (Wildman–Crippen LogP) is 3.50. The van der Waals surface area contributed by atoms with E-state index in [4.69, 9.17) is 4.98 Å². The van der Waals surface area contributed by atoms with Crippen molar-refractivity contribution in [3.8, 4) is 0 Å². The summed E-state index contributed by atoms with van der Waals surface area (Å²) >= 11 is 1.60. The van der Waals surface area contributed by atoms with Gasteiger partial charge in [0, 0.05) is 39.0 Å². The lowest BCUT2D eigenvalue weighted by Gasteiger charge is -2.12. The summed E-state index contributed by atoms with van der Waals surface area (Å²) < 4.78 is 15.5. The molecule has 3 aromatic rings. The minimum Gasteiger partial charge on any atom is -0.367 e. The van der Waals surface area contributed by atoms with Crippen LogP contribution in [0, 0.1) is 0 Å². The summed E-state index contributed by atoms with van der Waals surface area (Å²) in [6.45, 7) is 4.31. The highest BCUT2D eigenvalue weighted by molar-refractivity contribution is 7.18. The summed E-state index contributed by atoms with van der Waals surface area (Å²) in [5, 5.41) is 19.9. The van der Waals surface area contributed by atoms with Crippen LogP contribution in [-0.2, 0) is 13.5 Å². The molecular weight excluding hydrogens is 441 g/mol. The van der Waals surface area contributed by atoms with Crippen molar-refractivity contribution in [3.05, 3.63) is 47.9 Å². The van der Waals surface area contributed by atoms with Gasteiger partial charge in [0.2, 0.25) is 0 Å². The number of pyridine rings is 1. The van der Waals surface area contributed by atoms with Crippen LogP contribution in [0.2, 0.25) is 0 Å². The van der Waals surface area contributed by atoms with Gasteiger partial charge in [0.25, 0.3) is 0 Å². The minimum atomic E-state index is 0.219. The van der Waals surface area contributed by atoms with E-state index in [2.05, 4.69) is 31.3 Å². The van der Waals surface area contributed by atoms with Crippen molar-refractivity contribution in [1.29, 1.82) is 0 Å². The molecule has 9 nitrogen and oxygen atoms in total. The number of nitrogens with one attached hydrogen (secondary N) is 4. The highest BCUT2D eigenvalue weighted by Crippen LogP contribution is 2.28. The number of thiazole rings is 1. The van der Waals surface area contributed by atoms with Gasteiger partial charge in [-0.3, -0.25) is 4.98 Å². The van der Waals surface area contributed by atoms with Crippen LogP contribution in [0.3, 0.4) is 0 Å². The van der Waals surface area contributed by atoms with E-state index in [0.717, 1.165) is 58.5 Å². The van der Waals surface area contributed by atoms with Crippen molar-refractivity contribution < 1.29 is 4.48 Å². The Morgan fingerprint density at radius 3 is 2.97 bits per heavy atom. The number of hydrogen-bond acceptors (Lipinski definition) is 9. The van der Waals surface area contributed by atoms with E-state index in [-0.39, 0.29) is 12.7 Å². The third-order valence-electron chi connectivity index (χ3n) is 5.22. The summed E-state index contributed by atoms with van der Waals surface area (Å²) in [6, 6.07) is 1.98. The normalized spacial score (nSPS) is 15.3. The summed E-state index contributed by atoms with van der Waals surface area (Å²) in [6.07, 6.45) is 12.4. The van der Waals surface area contributed by atoms with Crippen LogP contribution in [0.25, 0.3) is 10.3 Å². The Hall–Kier alpha value is -3.18. The molecule has 11 heteroatoms. The second-order valence-electron chi connectivity index (χ2n) is 7.70. The largest absolute Gasteiger partial charge is 0.367 e. The Morgan fingerprint density at radius 1 is 1.24 bits per heavy atom. The minimum absolute atomic E-state index is 0.219. The first kappa shape index (κ1) is 23.0. The van der Waals surface area contributed by atoms with Gasteiger partial charge in [-0.15, -0.1) is 4.48 Å². The van der Waals surface area contributed by atoms with Crippen molar-refractivity contribution in [2.45, 2.75) is 25.9 Å². The number of nitrogens with zero attached hydrogens (tertiary/aromatic N) is 5. The third kappa shape index (κ3) is 5.99. The Labute approximate surface area is 196 Å². The Balaban J connectivity index is 1.20. The van der Waals surface area contributed by atoms with Crippen LogP contribution in [0.1, 0.15) is 18.4 Å². The molecular formula is C22H30FN9S. The standard InChI is InChI=1S/C22H30FN9S/c1-3-4-5-13-32(23)14-12-26-21-20-22(30-31(21)2)33-19(29-20)8-11-24-10-7-18-27-16-6-9-25-15-17(16)28-18/h3-6,9,13,15,18,24,26-28H,7-8,10-12,14H2,1-2H3/b4-3-,13-5-. The van der Waals surface area contributed by atoms with Gasteiger partial charge in [-0.25, -0.2) is 14.8 Å². The van der Waals surface area contributed by atoms with Crippen molar-refractivity contribution in [2.75, 3.05) is 42.1 Å². The molecule has 4 N–H and O–H groups in total. The summed E-state index contributed by atoms with van der Waals surface area (Å²) in [7, 11) is 1.87. The lowest BCUT2D eigenvalue weighted by Crippen LogP contribution is -2.29. The molecule has 0 aliphatic carbocycles. The SMILES string of the molecule is C/C=C\C=C/N(F)CCNc1c2nc(CCNCCC3Nc4ccncc4N3)sc2nn1C. The molecule has 176 valence electrons. The number of rotatable bonds is 12.